The summed E-state index contributed by atoms with van der Waals surface area (Å²) in [6.07, 6.45) is 5.15. The van der Waals surface area contributed by atoms with Gasteiger partial charge < -0.3 is 4.18 Å². The van der Waals surface area contributed by atoms with Crippen molar-refractivity contribution in [2.24, 2.45) is 5.41 Å². The van der Waals surface area contributed by atoms with Crippen LogP contribution in [0.5, 0.6) is 0 Å². The van der Waals surface area contributed by atoms with Gasteiger partial charge in [0.15, 0.2) is 0 Å². The minimum absolute atomic E-state index is 0.561. The summed E-state index contributed by atoms with van der Waals surface area (Å²) in [6.45, 7) is 2.07. The van der Waals surface area contributed by atoms with Crippen molar-refractivity contribution in [1.29, 1.82) is 0 Å². The maximum Gasteiger partial charge on any atom is 0.394 e. The molecular formula is C11H16O4S. The van der Waals surface area contributed by atoms with Gasteiger partial charge in [0, 0.05) is 18.3 Å². The van der Waals surface area contributed by atoms with E-state index in [-0.39, 0.29) is 0 Å². The predicted octanol–water partition coefficient (Wildman–Crippen LogP) is 1.87. The first kappa shape index (κ1) is 13.2. The fourth-order valence-corrected chi connectivity index (χ4v) is 1.91. The summed E-state index contributed by atoms with van der Waals surface area (Å²) < 4.78 is 3.97. The number of thiol groups is 1. The Morgan fingerprint density at radius 3 is 2.31 bits per heavy atom. The van der Waals surface area contributed by atoms with Gasteiger partial charge in [-0.1, -0.05) is 26.2 Å². The van der Waals surface area contributed by atoms with Gasteiger partial charge in [0.25, 0.3) is 0 Å². The molecular weight excluding hydrogens is 228 g/mol. The van der Waals surface area contributed by atoms with E-state index in [1.807, 2.05) is 0 Å². The Morgan fingerprint density at radius 2 is 1.88 bits per heavy atom. The SMILES string of the molecule is CCCCCC1(C(=O)C(=O)C(=O)OS)CC1. The van der Waals surface area contributed by atoms with Crippen LogP contribution in [0.3, 0.4) is 0 Å². The Labute approximate surface area is 100 Å². The summed E-state index contributed by atoms with van der Waals surface area (Å²) in [7, 11) is 0. The molecule has 0 heterocycles. The molecule has 5 heteroatoms. The molecule has 0 atom stereocenters. The summed E-state index contributed by atoms with van der Waals surface area (Å²) in [5.41, 5.74) is -0.561. The van der Waals surface area contributed by atoms with Crippen molar-refractivity contribution in [3.63, 3.8) is 0 Å². The van der Waals surface area contributed by atoms with E-state index in [2.05, 4.69) is 24.0 Å². The first-order chi connectivity index (χ1) is 7.57. The highest BCUT2D eigenvalue weighted by Gasteiger charge is 2.52. The zero-order valence-electron chi connectivity index (χ0n) is 9.32. The third kappa shape index (κ3) is 2.84. The third-order valence-corrected chi connectivity index (χ3v) is 3.23. The van der Waals surface area contributed by atoms with E-state index < -0.39 is 23.0 Å². The normalized spacial score (nSPS) is 16.6. The standard InChI is InChI=1S/C11H16O4S/c1-2-3-4-5-11(6-7-11)9(13)8(12)10(14)15-16/h16H,2-7H2,1H3. The molecule has 0 aliphatic heterocycles. The number of carbonyl (C=O) groups is 3. The van der Waals surface area contributed by atoms with E-state index in [9.17, 15) is 14.4 Å². The van der Waals surface area contributed by atoms with Gasteiger partial charge in [-0.15, -0.1) is 0 Å². The topological polar surface area (TPSA) is 60.4 Å². The van der Waals surface area contributed by atoms with Crippen LogP contribution in [0.1, 0.15) is 45.4 Å². The van der Waals surface area contributed by atoms with Crippen LogP contribution < -0.4 is 0 Å². The second kappa shape index (κ2) is 5.48. The van der Waals surface area contributed by atoms with Crippen LogP contribution >= 0.6 is 12.9 Å². The second-order valence-electron chi connectivity index (χ2n) is 4.27. The largest absolute Gasteiger partial charge is 0.394 e. The van der Waals surface area contributed by atoms with E-state index in [1.165, 1.54) is 0 Å². The summed E-state index contributed by atoms with van der Waals surface area (Å²) in [5.74, 6) is -2.83. The van der Waals surface area contributed by atoms with Crippen molar-refractivity contribution in [2.75, 3.05) is 0 Å². The quantitative estimate of drug-likeness (QED) is 0.244. The number of hydrogen-bond acceptors (Lipinski definition) is 5. The molecule has 1 aliphatic carbocycles. The summed E-state index contributed by atoms with van der Waals surface area (Å²) >= 11 is 3.23. The van der Waals surface area contributed by atoms with Crippen LogP contribution in [0, 0.1) is 5.41 Å². The van der Waals surface area contributed by atoms with Gasteiger partial charge >= 0.3 is 11.8 Å². The molecule has 0 aromatic rings. The van der Waals surface area contributed by atoms with Crippen molar-refractivity contribution in [3.05, 3.63) is 0 Å². The van der Waals surface area contributed by atoms with Crippen LogP contribution in [0.15, 0.2) is 0 Å². The molecule has 1 saturated carbocycles. The van der Waals surface area contributed by atoms with E-state index in [4.69, 9.17) is 0 Å². The van der Waals surface area contributed by atoms with Gasteiger partial charge in [0.2, 0.25) is 5.78 Å². The lowest BCUT2D eigenvalue weighted by atomic mass is 9.91. The van der Waals surface area contributed by atoms with Crippen LogP contribution in [0.25, 0.3) is 0 Å². The molecule has 1 rings (SSSR count). The van der Waals surface area contributed by atoms with Crippen LogP contribution in [-0.4, -0.2) is 17.5 Å². The van der Waals surface area contributed by atoms with Crippen LogP contribution in [0.4, 0.5) is 0 Å². The molecule has 1 fully saturated rings. The summed E-state index contributed by atoms with van der Waals surface area (Å²) in [6, 6.07) is 0. The van der Waals surface area contributed by atoms with Crippen molar-refractivity contribution in [3.8, 4) is 0 Å². The maximum absolute atomic E-state index is 11.7. The fourth-order valence-electron chi connectivity index (χ4n) is 1.83. The summed E-state index contributed by atoms with van der Waals surface area (Å²) in [5, 5.41) is 0. The number of Topliss-reactive ketones (excluding diaryl/α,β-unsaturated/α-hetero) is 2. The predicted molar refractivity (Wildman–Crippen MR) is 60.9 cm³/mol. The number of hydrogen-bond donors (Lipinski definition) is 1. The van der Waals surface area contributed by atoms with E-state index >= 15 is 0 Å². The number of ketones is 2. The van der Waals surface area contributed by atoms with Crippen LogP contribution in [-0.2, 0) is 18.6 Å². The van der Waals surface area contributed by atoms with E-state index in [0.717, 1.165) is 19.3 Å². The zero-order chi connectivity index (χ0) is 12.2. The molecule has 0 bridgehead atoms. The fraction of sp³-hybridized carbons (Fsp3) is 0.727. The van der Waals surface area contributed by atoms with Gasteiger partial charge in [-0.2, -0.15) is 0 Å². The molecule has 0 saturated heterocycles. The molecule has 0 aromatic carbocycles. The van der Waals surface area contributed by atoms with Crippen molar-refractivity contribution in [1.82, 2.24) is 0 Å². The minimum atomic E-state index is -1.17. The second-order valence-corrected chi connectivity index (χ2v) is 4.46. The molecule has 0 N–H and O–H groups in total. The lowest BCUT2D eigenvalue weighted by Gasteiger charge is -2.11. The smallest absolute Gasteiger partial charge is 0.389 e. The highest BCUT2D eigenvalue weighted by atomic mass is 32.1. The highest BCUT2D eigenvalue weighted by molar-refractivity contribution is 7.75. The molecule has 90 valence electrons. The van der Waals surface area contributed by atoms with Gasteiger partial charge in [-0.05, 0) is 19.3 Å². The first-order valence-corrected chi connectivity index (χ1v) is 5.88. The summed E-state index contributed by atoms with van der Waals surface area (Å²) in [4.78, 5) is 33.9. The van der Waals surface area contributed by atoms with Crippen molar-refractivity contribution < 1.29 is 18.6 Å². The number of carbonyl (C=O) groups excluding carboxylic acids is 3. The van der Waals surface area contributed by atoms with Gasteiger partial charge in [-0.25, -0.2) is 4.79 Å². The zero-order valence-corrected chi connectivity index (χ0v) is 10.2. The Balaban J connectivity index is 2.53. The van der Waals surface area contributed by atoms with E-state index in [1.54, 1.807) is 0 Å². The average Bonchev–Trinajstić information content (AvgIpc) is 3.07. The highest BCUT2D eigenvalue weighted by Crippen LogP contribution is 2.51. The Morgan fingerprint density at radius 1 is 1.25 bits per heavy atom. The Bertz CT molecular complexity index is 307. The van der Waals surface area contributed by atoms with Crippen molar-refractivity contribution in [2.45, 2.75) is 45.4 Å². The molecule has 0 spiro atoms. The first-order valence-electron chi connectivity index (χ1n) is 5.52. The minimum Gasteiger partial charge on any atom is -0.389 e. The Kier molecular flexibility index (Phi) is 4.53. The van der Waals surface area contributed by atoms with Gasteiger partial charge in [0.1, 0.15) is 0 Å². The molecule has 4 nitrogen and oxygen atoms in total. The Hall–Kier alpha value is -0.840. The number of rotatable bonds is 7. The molecule has 0 amide bonds. The van der Waals surface area contributed by atoms with Crippen LogP contribution in [0.2, 0.25) is 0 Å². The molecule has 0 unspecified atom stereocenters. The third-order valence-electron chi connectivity index (χ3n) is 3.07. The molecule has 0 radical (unpaired) electrons. The molecule has 16 heavy (non-hydrogen) atoms. The van der Waals surface area contributed by atoms with Gasteiger partial charge in [-0.3, -0.25) is 9.59 Å². The van der Waals surface area contributed by atoms with Gasteiger partial charge in [0.05, 0.1) is 0 Å². The van der Waals surface area contributed by atoms with Crippen molar-refractivity contribution >= 4 is 30.4 Å². The molecule has 0 aromatic heterocycles. The lowest BCUT2D eigenvalue weighted by molar-refractivity contribution is -0.152. The lowest BCUT2D eigenvalue weighted by Crippen LogP contribution is -2.31. The monoisotopic (exact) mass is 244 g/mol. The number of unbranched alkanes of at least 4 members (excludes halogenated alkanes) is 2. The van der Waals surface area contributed by atoms with E-state index in [0.29, 0.717) is 19.3 Å². The average molecular weight is 244 g/mol. The molecule has 1 aliphatic rings. The maximum atomic E-state index is 11.7.